The van der Waals surface area contributed by atoms with Crippen LogP contribution in [0.2, 0.25) is 0 Å². The van der Waals surface area contributed by atoms with E-state index in [1.54, 1.807) is 20.8 Å². The van der Waals surface area contributed by atoms with Crippen LogP contribution in [0.3, 0.4) is 0 Å². The molecular weight excluding hydrogens is 775 g/mol. The number of nitrogens with one attached hydrogen (secondary N) is 1. The van der Waals surface area contributed by atoms with Gasteiger partial charge in [-0.05, 0) is 44.4 Å². The maximum Gasteiger partial charge on any atom is 0.480 e. The monoisotopic (exact) mass is 803 g/mol. The minimum absolute atomic E-state index is 0.0641. The second-order valence-electron chi connectivity index (χ2n) is 10.5. The van der Waals surface area contributed by atoms with Gasteiger partial charge >= 0.3 is 44.0 Å². The van der Waals surface area contributed by atoms with Crippen molar-refractivity contribution in [3.8, 4) is 5.75 Å². The van der Waals surface area contributed by atoms with Gasteiger partial charge in [0.2, 0.25) is 5.91 Å². The van der Waals surface area contributed by atoms with Crippen molar-refractivity contribution >= 4 is 48.0 Å². The first kappa shape index (κ1) is 44.6. The lowest BCUT2D eigenvalue weighted by atomic mass is 9.91. The number of carbonyl (C=O) groups excluding carboxylic acids is 3. The van der Waals surface area contributed by atoms with Gasteiger partial charge in [-0.1, -0.05) is 19.1 Å². The van der Waals surface area contributed by atoms with Crippen molar-refractivity contribution in [1.29, 1.82) is 0 Å². The predicted octanol–water partition coefficient (Wildman–Crippen LogP) is 3.73. The molecule has 0 atom stereocenters. The van der Waals surface area contributed by atoms with Crippen molar-refractivity contribution in [3.05, 3.63) is 34.0 Å². The van der Waals surface area contributed by atoms with Crippen molar-refractivity contribution in [1.82, 2.24) is 5.32 Å². The standard InChI is InChI=1S/C24H28F9N2O12S3/c1-4-20(2,3)19(38)46-14-13-45-18(37)10-9-17(36)34-12-11-15-5-7-16(8-6-15)47-50(43,44)23(29,30)21(25,26)22(27,28)48(39,40)35-49(41,42)24(31,32)33/h5-8H,4,9-14H2,1-3H3,(H,34,36)/q-1. The van der Waals surface area contributed by atoms with E-state index in [0.717, 1.165) is 12.1 Å². The molecule has 26 heteroatoms. The summed E-state index contributed by atoms with van der Waals surface area (Å²) in [5.41, 5.74) is -7.29. The number of nitrogens with zero attached hydrogens (tertiary/aromatic N) is 1. The second-order valence-corrected chi connectivity index (χ2v) is 15.5. The Morgan fingerprint density at radius 1 is 0.760 bits per heavy atom. The van der Waals surface area contributed by atoms with Crippen LogP contribution in [0.5, 0.6) is 5.75 Å². The average molecular weight is 804 g/mol. The van der Waals surface area contributed by atoms with Crippen molar-refractivity contribution in [2.24, 2.45) is 5.41 Å². The first-order valence-corrected chi connectivity index (χ1v) is 17.7. The summed E-state index contributed by atoms with van der Waals surface area (Å²) in [6.07, 6.45) is -0.244. The zero-order valence-corrected chi connectivity index (χ0v) is 28.2. The maximum absolute atomic E-state index is 14.2. The maximum atomic E-state index is 14.2. The first-order valence-electron chi connectivity index (χ1n) is 13.4. The molecule has 1 aromatic rings. The summed E-state index contributed by atoms with van der Waals surface area (Å²) in [7, 11) is -22.9. The normalized spacial score (nSPS) is 13.8. The Labute approximate surface area is 279 Å². The van der Waals surface area contributed by atoms with Gasteiger partial charge in [0.25, 0.3) is 0 Å². The van der Waals surface area contributed by atoms with E-state index < -0.39 is 81.1 Å². The number of hydrogen-bond donors (Lipinski definition) is 1. The van der Waals surface area contributed by atoms with E-state index in [1.165, 1.54) is 0 Å². The summed E-state index contributed by atoms with van der Waals surface area (Å²) in [5, 5.41) is -12.4. The van der Waals surface area contributed by atoms with E-state index in [9.17, 15) is 79.2 Å². The molecule has 0 aliphatic rings. The number of hydrogen-bond acceptors (Lipinski definition) is 12. The number of alkyl halides is 9. The molecule has 0 aliphatic heterocycles. The molecule has 288 valence electrons. The number of amides is 1. The Morgan fingerprint density at radius 2 is 1.28 bits per heavy atom. The quantitative estimate of drug-likeness (QED) is 0.0919. The van der Waals surface area contributed by atoms with Crippen molar-refractivity contribution in [2.45, 2.75) is 68.4 Å². The predicted molar refractivity (Wildman–Crippen MR) is 150 cm³/mol. The van der Waals surface area contributed by atoms with Gasteiger partial charge < -0.3 is 23.1 Å². The van der Waals surface area contributed by atoms with Gasteiger partial charge in [0.15, 0.2) is 20.0 Å². The summed E-state index contributed by atoms with van der Waals surface area (Å²) in [5.74, 6) is -10.8. The summed E-state index contributed by atoms with van der Waals surface area (Å²) >= 11 is 0. The van der Waals surface area contributed by atoms with E-state index >= 15 is 0 Å². The molecule has 0 heterocycles. The number of sulfonamides is 2. The van der Waals surface area contributed by atoms with Crippen LogP contribution in [-0.4, -0.2) is 84.8 Å². The molecule has 0 bridgehead atoms. The zero-order valence-electron chi connectivity index (χ0n) is 25.7. The van der Waals surface area contributed by atoms with Gasteiger partial charge in [0.1, 0.15) is 19.0 Å². The van der Waals surface area contributed by atoms with Crippen LogP contribution in [0.15, 0.2) is 24.3 Å². The SMILES string of the molecule is CCC(C)(C)C(=O)OCCOC(=O)CCC(=O)NCCc1ccc(OS(=O)(=O)C(F)(F)C(F)(F)C(F)(F)S(=O)(=O)[N-]S(=O)(=O)C(F)(F)F)cc1. The number of carbonyl (C=O) groups is 3. The lowest BCUT2D eigenvalue weighted by molar-refractivity contribution is -0.245. The second kappa shape index (κ2) is 15.9. The molecule has 0 aliphatic carbocycles. The van der Waals surface area contributed by atoms with Gasteiger partial charge in [0.05, 0.1) is 11.8 Å². The highest BCUT2D eigenvalue weighted by Crippen LogP contribution is 2.53. The van der Waals surface area contributed by atoms with Gasteiger partial charge in [-0.2, -0.15) is 47.9 Å². The van der Waals surface area contributed by atoms with Crippen molar-refractivity contribution in [3.63, 3.8) is 0 Å². The lowest BCUT2D eigenvalue weighted by Gasteiger charge is -2.35. The third-order valence-electron chi connectivity index (χ3n) is 6.30. The zero-order chi connectivity index (χ0) is 39.2. The Balaban J connectivity index is 2.76. The molecule has 0 spiro atoms. The fourth-order valence-corrected chi connectivity index (χ4v) is 6.12. The van der Waals surface area contributed by atoms with Crippen LogP contribution in [0.25, 0.3) is 4.13 Å². The highest BCUT2D eigenvalue weighted by molar-refractivity contribution is 8.13. The molecule has 0 saturated carbocycles. The molecule has 0 saturated heterocycles. The summed E-state index contributed by atoms with van der Waals surface area (Å²) in [6, 6.07) is 2.89. The topological polar surface area (TPSA) is 207 Å². The van der Waals surface area contributed by atoms with Gasteiger partial charge in [-0.25, -0.2) is 16.8 Å². The highest BCUT2D eigenvalue weighted by atomic mass is 32.3. The summed E-state index contributed by atoms with van der Waals surface area (Å²) < 4.78 is 204. The number of benzene rings is 1. The lowest BCUT2D eigenvalue weighted by Crippen LogP contribution is -2.61. The molecule has 1 amide bonds. The van der Waals surface area contributed by atoms with E-state index in [4.69, 9.17) is 9.47 Å². The van der Waals surface area contributed by atoms with Crippen LogP contribution < -0.4 is 9.50 Å². The van der Waals surface area contributed by atoms with E-state index in [0.29, 0.717) is 22.7 Å². The molecule has 14 nitrogen and oxygen atoms in total. The fourth-order valence-electron chi connectivity index (χ4n) is 2.95. The van der Waals surface area contributed by atoms with Crippen LogP contribution >= 0.6 is 0 Å². The van der Waals surface area contributed by atoms with Gasteiger partial charge in [0, 0.05) is 13.0 Å². The Morgan fingerprint density at radius 3 is 1.78 bits per heavy atom. The minimum atomic E-state index is -8.05. The van der Waals surface area contributed by atoms with Crippen LogP contribution in [0, 0.1) is 5.41 Å². The average Bonchev–Trinajstić information content (AvgIpc) is 2.97. The summed E-state index contributed by atoms with van der Waals surface area (Å²) in [4.78, 5) is 35.5. The van der Waals surface area contributed by atoms with Crippen LogP contribution in [0.1, 0.15) is 45.6 Å². The van der Waals surface area contributed by atoms with Crippen LogP contribution in [-0.2, 0) is 60.4 Å². The molecule has 0 unspecified atom stereocenters. The third kappa shape index (κ3) is 10.6. The van der Waals surface area contributed by atoms with E-state index in [2.05, 4.69) is 9.50 Å². The van der Waals surface area contributed by atoms with Gasteiger partial charge in [-0.15, -0.1) is 0 Å². The van der Waals surface area contributed by atoms with E-state index in [1.807, 2.05) is 0 Å². The number of ether oxygens (including phenoxy) is 2. The highest BCUT2D eigenvalue weighted by Gasteiger charge is 2.81. The third-order valence-corrected chi connectivity index (χ3v) is 10.7. The Bertz CT molecular complexity index is 1720. The number of esters is 2. The molecule has 1 rings (SSSR count). The molecular formula is C24H28F9N2O12S3-. The van der Waals surface area contributed by atoms with Crippen molar-refractivity contribution < 1.29 is 92.8 Å². The van der Waals surface area contributed by atoms with Crippen LogP contribution in [0.4, 0.5) is 39.5 Å². The fraction of sp³-hybridized carbons (Fsp3) is 0.625. The molecule has 1 N–H and O–H groups in total. The minimum Gasteiger partial charge on any atom is -0.462 e. The molecule has 0 fully saturated rings. The summed E-state index contributed by atoms with van der Waals surface area (Å²) in [6.45, 7) is 4.52. The molecule has 0 aromatic heterocycles. The first-order chi connectivity index (χ1) is 22.4. The molecule has 0 radical (unpaired) electrons. The van der Waals surface area contributed by atoms with E-state index in [-0.39, 0.29) is 44.6 Å². The number of rotatable bonds is 19. The Hall–Kier alpha value is -3.39. The smallest absolute Gasteiger partial charge is 0.462 e. The van der Waals surface area contributed by atoms with Gasteiger partial charge in [-0.3, -0.25) is 14.4 Å². The van der Waals surface area contributed by atoms with Crippen molar-refractivity contribution in [2.75, 3.05) is 19.8 Å². The Kier molecular flexibility index (Phi) is 14.2. The number of halogens is 9. The largest absolute Gasteiger partial charge is 0.480 e. The molecule has 50 heavy (non-hydrogen) atoms. The molecule has 1 aromatic carbocycles.